The minimum absolute atomic E-state index is 0.160. The number of nitrogen functional groups attached to an aromatic ring is 1. The number of hydrogen-bond acceptors (Lipinski definition) is 6. The van der Waals surface area contributed by atoms with Crippen LogP contribution in [0, 0.1) is 5.82 Å². The van der Waals surface area contributed by atoms with Crippen LogP contribution in [-0.4, -0.2) is 23.5 Å². The molecule has 1 aliphatic rings. The van der Waals surface area contributed by atoms with E-state index in [4.69, 9.17) is 10.7 Å². The van der Waals surface area contributed by atoms with E-state index < -0.39 is 0 Å². The lowest BCUT2D eigenvalue weighted by atomic mass is 10.0. The molecular weight excluding hydrogens is 339 g/mol. The molecule has 1 aromatic carbocycles. The maximum atomic E-state index is 13.1. The number of pyridine rings is 1. The Kier molecular flexibility index (Phi) is 3.89. The number of fused-ring (bicyclic) bond motifs is 2. The maximum Gasteiger partial charge on any atom is 0.214 e. The fourth-order valence-electron chi connectivity index (χ4n) is 2.99. The lowest BCUT2D eigenvalue weighted by Gasteiger charge is -2.24. The van der Waals surface area contributed by atoms with E-state index in [1.165, 1.54) is 23.5 Å². The molecule has 4 rings (SSSR count). The van der Waals surface area contributed by atoms with Crippen LogP contribution >= 0.6 is 11.3 Å². The normalized spacial score (nSPS) is 14.5. The van der Waals surface area contributed by atoms with Gasteiger partial charge in [0.1, 0.15) is 21.3 Å². The summed E-state index contributed by atoms with van der Waals surface area (Å²) in [4.78, 5) is 20.3. The molecule has 0 saturated carbocycles. The second kappa shape index (κ2) is 6.09. The molecule has 0 unspecified atom stereocenters. The summed E-state index contributed by atoms with van der Waals surface area (Å²) in [6.07, 6.45) is 0.869. The van der Waals surface area contributed by atoms with E-state index in [0.717, 1.165) is 30.8 Å². The third-order valence-corrected chi connectivity index (χ3v) is 5.39. The average Bonchev–Trinajstić information content (AvgIpc) is 2.60. The van der Waals surface area contributed by atoms with Crippen LogP contribution in [0.2, 0.25) is 0 Å². The van der Waals surface area contributed by atoms with Gasteiger partial charge in [-0.15, -0.1) is 0 Å². The van der Waals surface area contributed by atoms with E-state index in [1.54, 1.807) is 12.1 Å². The summed E-state index contributed by atoms with van der Waals surface area (Å²) in [5.41, 5.74) is 8.79. The van der Waals surface area contributed by atoms with Gasteiger partial charge in [-0.1, -0.05) is 11.3 Å². The lowest BCUT2D eigenvalue weighted by Crippen LogP contribution is -2.27. The highest BCUT2D eigenvalue weighted by molar-refractivity contribution is 7.22. The third kappa shape index (κ3) is 2.96. The Morgan fingerprint density at radius 2 is 2.08 bits per heavy atom. The highest BCUT2D eigenvalue weighted by atomic mass is 32.1. The zero-order valence-corrected chi connectivity index (χ0v) is 14.5. The van der Waals surface area contributed by atoms with Crippen LogP contribution in [0.5, 0.6) is 0 Å². The van der Waals surface area contributed by atoms with E-state index in [9.17, 15) is 9.18 Å². The first-order valence-electron chi connectivity index (χ1n) is 7.97. The molecule has 7 heteroatoms. The molecule has 1 aliphatic heterocycles. The Balaban J connectivity index is 1.81. The Bertz CT molecular complexity index is 1020. The molecule has 0 spiro atoms. The van der Waals surface area contributed by atoms with Gasteiger partial charge in [0, 0.05) is 30.9 Å². The Morgan fingerprint density at radius 3 is 2.84 bits per heavy atom. The zero-order valence-electron chi connectivity index (χ0n) is 13.7. The molecule has 5 nitrogen and oxygen atoms in total. The van der Waals surface area contributed by atoms with Crippen molar-refractivity contribution in [3.8, 4) is 0 Å². The second-order valence-electron chi connectivity index (χ2n) is 6.24. The number of anilines is 3. The van der Waals surface area contributed by atoms with Crippen LogP contribution < -0.4 is 16.5 Å². The third-order valence-electron chi connectivity index (χ3n) is 4.36. The van der Waals surface area contributed by atoms with Crippen molar-refractivity contribution in [2.45, 2.75) is 13.0 Å². The number of halogens is 1. The monoisotopic (exact) mass is 356 g/mol. The lowest BCUT2D eigenvalue weighted by molar-refractivity contribution is 0.310. The maximum absolute atomic E-state index is 13.1. The summed E-state index contributed by atoms with van der Waals surface area (Å²) in [6, 6.07) is 7.84. The summed E-state index contributed by atoms with van der Waals surface area (Å²) in [7, 11) is 2.05. The zero-order chi connectivity index (χ0) is 17.6. The van der Waals surface area contributed by atoms with Crippen molar-refractivity contribution in [3.63, 3.8) is 0 Å². The summed E-state index contributed by atoms with van der Waals surface area (Å²) < 4.78 is 13.1. The molecule has 3 aromatic rings. The predicted octanol–water partition coefficient (Wildman–Crippen LogP) is 3.11. The van der Waals surface area contributed by atoms with E-state index >= 15 is 0 Å². The first kappa shape index (κ1) is 16.0. The smallest absolute Gasteiger partial charge is 0.214 e. The molecule has 25 heavy (non-hydrogen) atoms. The van der Waals surface area contributed by atoms with Crippen LogP contribution in [0.4, 0.5) is 20.8 Å². The minimum Gasteiger partial charge on any atom is -0.393 e. The topological polar surface area (TPSA) is 71.2 Å². The van der Waals surface area contributed by atoms with E-state index in [1.807, 2.05) is 6.07 Å². The van der Waals surface area contributed by atoms with Crippen molar-refractivity contribution in [1.29, 1.82) is 0 Å². The molecule has 0 bridgehead atoms. The van der Waals surface area contributed by atoms with Gasteiger partial charge < -0.3 is 16.0 Å². The summed E-state index contributed by atoms with van der Waals surface area (Å²) in [5.74, 6) is -0.316. The molecule has 0 aliphatic carbocycles. The molecule has 0 amide bonds. The Labute approximate surface area is 147 Å². The van der Waals surface area contributed by atoms with E-state index in [2.05, 4.69) is 17.3 Å². The molecule has 128 valence electrons. The fourth-order valence-corrected chi connectivity index (χ4v) is 3.97. The van der Waals surface area contributed by atoms with Crippen LogP contribution in [-0.2, 0) is 13.0 Å². The molecule has 0 fully saturated rings. The Morgan fingerprint density at radius 1 is 1.32 bits per heavy atom. The van der Waals surface area contributed by atoms with E-state index in [0.29, 0.717) is 20.9 Å². The molecule has 3 N–H and O–H groups in total. The van der Waals surface area contributed by atoms with Gasteiger partial charge in [-0.2, -0.15) is 0 Å². The number of hydrogen-bond donors (Lipinski definition) is 2. The SMILES string of the molecule is CN1CCc2nc3sc(Nc4ccc(F)cc4)c(N)c(=O)c3cc2C1. The second-order valence-corrected chi connectivity index (χ2v) is 7.24. The molecule has 2 aromatic heterocycles. The van der Waals surface area contributed by atoms with Crippen LogP contribution in [0.1, 0.15) is 11.3 Å². The molecule has 0 atom stereocenters. The molecule has 3 heterocycles. The standard InChI is InChI=1S/C18H17FN4OS/c1-23-7-6-14-10(9-23)8-13-16(24)15(20)18(25-17(13)22-14)21-12-4-2-11(19)3-5-12/h2-5,8,21H,6-7,9,20H2,1H3. The van der Waals surface area contributed by atoms with Crippen molar-refractivity contribution in [2.75, 3.05) is 24.6 Å². The Hall–Kier alpha value is -2.51. The van der Waals surface area contributed by atoms with Crippen LogP contribution in [0.15, 0.2) is 35.1 Å². The molecule has 0 radical (unpaired) electrons. The van der Waals surface area contributed by atoms with Crippen molar-refractivity contribution in [2.24, 2.45) is 0 Å². The van der Waals surface area contributed by atoms with Crippen molar-refractivity contribution < 1.29 is 4.39 Å². The fraction of sp³-hybridized carbons (Fsp3) is 0.222. The quantitative estimate of drug-likeness (QED) is 0.738. The minimum atomic E-state index is -0.316. The first-order valence-corrected chi connectivity index (χ1v) is 8.79. The predicted molar refractivity (Wildman–Crippen MR) is 100 cm³/mol. The number of nitrogens with zero attached hydrogens (tertiary/aromatic N) is 2. The number of likely N-dealkylation sites (N-methyl/N-ethyl adjacent to an activating group) is 1. The van der Waals surface area contributed by atoms with Crippen molar-refractivity contribution in [3.05, 3.63) is 57.6 Å². The highest BCUT2D eigenvalue weighted by Gasteiger charge is 2.18. The van der Waals surface area contributed by atoms with Crippen molar-refractivity contribution in [1.82, 2.24) is 9.88 Å². The van der Waals surface area contributed by atoms with Gasteiger partial charge in [-0.3, -0.25) is 4.79 Å². The number of nitrogens with two attached hydrogens (primary N) is 1. The first-order chi connectivity index (χ1) is 12.0. The van der Waals surface area contributed by atoms with Gasteiger partial charge in [0.25, 0.3) is 0 Å². The summed E-state index contributed by atoms with van der Waals surface area (Å²) in [6.45, 7) is 1.74. The average molecular weight is 356 g/mol. The van der Waals surface area contributed by atoms with Gasteiger partial charge in [0.05, 0.1) is 5.39 Å². The van der Waals surface area contributed by atoms with Gasteiger partial charge >= 0.3 is 0 Å². The number of nitrogens with one attached hydrogen (secondary N) is 1. The number of benzene rings is 1. The number of rotatable bonds is 2. The summed E-state index contributed by atoms with van der Waals surface area (Å²) in [5, 5.41) is 4.19. The van der Waals surface area contributed by atoms with Gasteiger partial charge in [-0.25, -0.2) is 9.37 Å². The molecular formula is C18H17FN4OS. The molecule has 0 saturated heterocycles. The summed E-state index contributed by atoms with van der Waals surface area (Å²) >= 11 is 1.35. The van der Waals surface area contributed by atoms with Crippen LogP contribution in [0.25, 0.3) is 10.2 Å². The van der Waals surface area contributed by atoms with Gasteiger partial charge in [0.15, 0.2) is 0 Å². The van der Waals surface area contributed by atoms with Gasteiger partial charge in [0.2, 0.25) is 5.43 Å². The van der Waals surface area contributed by atoms with E-state index in [-0.39, 0.29) is 16.9 Å². The van der Waals surface area contributed by atoms with Crippen molar-refractivity contribution >= 4 is 37.9 Å². The highest BCUT2D eigenvalue weighted by Crippen LogP contribution is 2.31. The largest absolute Gasteiger partial charge is 0.393 e. The van der Waals surface area contributed by atoms with Gasteiger partial charge in [-0.05, 0) is 42.9 Å². The number of aromatic nitrogens is 1. The van der Waals surface area contributed by atoms with Crippen LogP contribution in [0.3, 0.4) is 0 Å².